The zero-order valence-electron chi connectivity index (χ0n) is 4.00. The molecule has 0 fully saturated rings. The predicted molar refractivity (Wildman–Crippen MR) is 40.9 cm³/mol. The van der Waals surface area contributed by atoms with Crippen molar-refractivity contribution in [3.63, 3.8) is 0 Å². The number of hydrogen-bond donors (Lipinski definition) is 0. The van der Waals surface area contributed by atoms with E-state index in [1.807, 2.05) is 28.4 Å². The SMILES string of the molecule is IOCc1nccs1. The second-order valence-electron chi connectivity index (χ2n) is 1.18. The molecule has 0 radical (unpaired) electrons. The van der Waals surface area contributed by atoms with Crippen LogP contribution in [-0.2, 0) is 9.67 Å². The first-order valence-electron chi connectivity index (χ1n) is 2.05. The van der Waals surface area contributed by atoms with E-state index in [1.165, 1.54) is 0 Å². The van der Waals surface area contributed by atoms with Crippen LogP contribution in [0.15, 0.2) is 11.6 Å². The number of halogens is 1. The summed E-state index contributed by atoms with van der Waals surface area (Å²) in [6, 6.07) is 0. The molecular weight excluding hydrogens is 237 g/mol. The normalized spacial score (nSPS) is 9.62. The lowest BCUT2D eigenvalue weighted by Gasteiger charge is -1.84. The second-order valence-corrected chi connectivity index (χ2v) is 2.78. The molecular formula is C4H4INOS. The van der Waals surface area contributed by atoms with E-state index in [0.717, 1.165) is 5.01 Å². The first kappa shape index (κ1) is 6.44. The maximum atomic E-state index is 4.80. The van der Waals surface area contributed by atoms with Gasteiger partial charge in [-0.1, -0.05) is 0 Å². The average molecular weight is 241 g/mol. The third kappa shape index (κ3) is 1.68. The molecule has 0 atom stereocenters. The first-order chi connectivity index (χ1) is 3.93. The van der Waals surface area contributed by atoms with Gasteiger partial charge < -0.3 is 3.07 Å². The Kier molecular flexibility index (Phi) is 2.71. The van der Waals surface area contributed by atoms with Crippen LogP contribution >= 0.6 is 34.3 Å². The number of nitrogens with zero attached hydrogens (tertiary/aromatic N) is 1. The standard InChI is InChI=1S/C4H4INOS/c5-7-3-4-6-1-2-8-4/h1-2H,3H2. The molecule has 0 N–H and O–H groups in total. The van der Waals surface area contributed by atoms with Gasteiger partial charge in [0.2, 0.25) is 0 Å². The van der Waals surface area contributed by atoms with Crippen LogP contribution in [0.4, 0.5) is 0 Å². The minimum atomic E-state index is 0.623. The average Bonchev–Trinajstić information content (AvgIpc) is 2.19. The highest BCUT2D eigenvalue weighted by Gasteiger charge is 1.90. The van der Waals surface area contributed by atoms with Crippen molar-refractivity contribution in [2.45, 2.75) is 6.61 Å². The van der Waals surface area contributed by atoms with Crippen molar-refractivity contribution in [3.8, 4) is 0 Å². The summed E-state index contributed by atoms with van der Waals surface area (Å²) in [4.78, 5) is 3.99. The zero-order valence-corrected chi connectivity index (χ0v) is 6.98. The lowest BCUT2D eigenvalue weighted by Crippen LogP contribution is -1.77. The van der Waals surface area contributed by atoms with Crippen LogP contribution in [0.2, 0.25) is 0 Å². The van der Waals surface area contributed by atoms with Crippen molar-refractivity contribution in [2.75, 3.05) is 0 Å². The summed E-state index contributed by atoms with van der Waals surface area (Å²) < 4.78 is 4.80. The third-order valence-corrected chi connectivity index (χ3v) is 1.73. The smallest absolute Gasteiger partial charge is 0.119 e. The Balaban J connectivity index is 2.50. The van der Waals surface area contributed by atoms with Gasteiger partial charge in [0.15, 0.2) is 0 Å². The van der Waals surface area contributed by atoms with Gasteiger partial charge in [-0.2, -0.15) is 0 Å². The van der Waals surface area contributed by atoms with Gasteiger partial charge in [0.1, 0.15) is 34.6 Å². The largest absolute Gasteiger partial charge is 0.308 e. The molecule has 0 aliphatic heterocycles. The molecule has 0 aliphatic carbocycles. The van der Waals surface area contributed by atoms with Crippen LogP contribution in [0.3, 0.4) is 0 Å². The van der Waals surface area contributed by atoms with Crippen molar-refractivity contribution in [1.82, 2.24) is 4.98 Å². The molecule has 44 valence electrons. The fourth-order valence-electron chi connectivity index (χ4n) is 0.371. The van der Waals surface area contributed by atoms with E-state index >= 15 is 0 Å². The van der Waals surface area contributed by atoms with Gasteiger partial charge in [-0.05, 0) is 0 Å². The molecule has 0 unspecified atom stereocenters. The van der Waals surface area contributed by atoms with Crippen molar-refractivity contribution >= 4 is 34.3 Å². The van der Waals surface area contributed by atoms with Gasteiger partial charge in [0.05, 0.1) is 0 Å². The second kappa shape index (κ2) is 3.37. The van der Waals surface area contributed by atoms with Gasteiger partial charge in [-0.3, -0.25) is 0 Å². The highest BCUT2D eigenvalue weighted by Crippen LogP contribution is 2.06. The van der Waals surface area contributed by atoms with Crippen molar-refractivity contribution in [3.05, 3.63) is 16.6 Å². The summed E-state index contributed by atoms with van der Waals surface area (Å²) in [5.74, 6) is 0. The third-order valence-electron chi connectivity index (χ3n) is 0.661. The van der Waals surface area contributed by atoms with E-state index in [2.05, 4.69) is 4.98 Å². The molecule has 0 saturated heterocycles. The molecule has 0 aliphatic rings. The number of hydrogen-bond acceptors (Lipinski definition) is 3. The summed E-state index contributed by atoms with van der Waals surface area (Å²) in [6.07, 6.45) is 1.77. The summed E-state index contributed by atoms with van der Waals surface area (Å²) in [5.41, 5.74) is 0. The summed E-state index contributed by atoms with van der Waals surface area (Å²) in [7, 11) is 0. The lowest BCUT2D eigenvalue weighted by molar-refractivity contribution is 0.417. The maximum Gasteiger partial charge on any atom is 0.119 e. The van der Waals surface area contributed by atoms with E-state index in [-0.39, 0.29) is 0 Å². The Morgan fingerprint density at radius 2 is 2.75 bits per heavy atom. The molecule has 0 bridgehead atoms. The van der Waals surface area contributed by atoms with Crippen LogP contribution in [-0.4, -0.2) is 4.98 Å². The monoisotopic (exact) mass is 241 g/mol. The topological polar surface area (TPSA) is 22.1 Å². The van der Waals surface area contributed by atoms with Gasteiger partial charge in [0, 0.05) is 11.6 Å². The van der Waals surface area contributed by atoms with Crippen LogP contribution in [0.5, 0.6) is 0 Å². The van der Waals surface area contributed by atoms with E-state index < -0.39 is 0 Å². The number of aromatic nitrogens is 1. The first-order valence-corrected chi connectivity index (χ1v) is 3.81. The Bertz CT molecular complexity index is 142. The van der Waals surface area contributed by atoms with Crippen LogP contribution in [0, 0.1) is 0 Å². The van der Waals surface area contributed by atoms with Gasteiger partial charge in [0.25, 0.3) is 0 Å². The minimum Gasteiger partial charge on any atom is -0.308 e. The highest BCUT2D eigenvalue weighted by atomic mass is 127. The Labute approximate surface area is 65.6 Å². The van der Waals surface area contributed by atoms with E-state index in [1.54, 1.807) is 17.5 Å². The van der Waals surface area contributed by atoms with Crippen LogP contribution in [0.1, 0.15) is 5.01 Å². The van der Waals surface area contributed by atoms with E-state index in [9.17, 15) is 0 Å². The minimum absolute atomic E-state index is 0.623. The Morgan fingerprint density at radius 3 is 3.25 bits per heavy atom. The lowest BCUT2D eigenvalue weighted by atomic mass is 10.8. The quantitative estimate of drug-likeness (QED) is 0.739. The van der Waals surface area contributed by atoms with Crippen molar-refractivity contribution < 1.29 is 3.07 Å². The van der Waals surface area contributed by atoms with Crippen molar-refractivity contribution in [2.24, 2.45) is 0 Å². The highest BCUT2D eigenvalue weighted by molar-refractivity contribution is 14.1. The molecule has 8 heavy (non-hydrogen) atoms. The Hall–Kier alpha value is 0.320. The van der Waals surface area contributed by atoms with Gasteiger partial charge in [-0.15, -0.1) is 11.3 Å². The molecule has 4 heteroatoms. The summed E-state index contributed by atoms with van der Waals surface area (Å²) in [6.45, 7) is 0.623. The fourth-order valence-corrected chi connectivity index (χ4v) is 1.40. The van der Waals surface area contributed by atoms with E-state index in [4.69, 9.17) is 3.07 Å². The van der Waals surface area contributed by atoms with Crippen LogP contribution in [0.25, 0.3) is 0 Å². The molecule has 1 aromatic rings. The molecule has 0 saturated carbocycles. The molecule has 1 heterocycles. The molecule has 0 aromatic carbocycles. The Morgan fingerprint density at radius 1 is 1.88 bits per heavy atom. The van der Waals surface area contributed by atoms with Gasteiger partial charge >= 0.3 is 0 Å². The molecule has 1 aromatic heterocycles. The molecule has 0 spiro atoms. The van der Waals surface area contributed by atoms with Gasteiger partial charge in [-0.25, -0.2) is 4.98 Å². The maximum absolute atomic E-state index is 4.80. The molecule has 1 rings (SSSR count). The predicted octanol–water partition coefficient (Wildman–Crippen LogP) is 2.01. The molecule has 2 nitrogen and oxygen atoms in total. The fraction of sp³-hybridized carbons (Fsp3) is 0.250. The van der Waals surface area contributed by atoms with Crippen molar-refractivity contribution in [1.29, 1.82) is 0 Å². The van der Waals surface area contributed by atoms with Crippen LogP contribution < -0.4 is 0 Å². The number of rotatable bonds is 2. The zero-order chi connectivity index (χ0) is 5.82. The molecule has 0 amide bonds. The van der Waals surface area contributed by atoms with E-state index in [0.29, 0.717) is 6.61 Å². The summed E-state index contributed by atoms with van der Waals surface area (Å²) in [5, 5.41) is 2.96. The summed E-state index contributed by atoms with van der Waals surface area (Å²) >= 11 is 3.46. The number of thiazole rings is 1.